The predicted octanol–water partition coefficient (Wildman–Crippen LogP) is 2.74. The summed E-state index contributed by atoms with van der Waals surface area (Å²) in [5.74, 6) is 0.205. The molecular weight excluding hydrogens is 310 g/mol. The molecule has 1 aromatic carbocycles. The molecule has 6 nitrogen and oxygen atoms in total. The van der Waals surface area contributed by atoms with E-state index in [-0.39, 0.29) is 11.7 Å². The maximum absolute atomic E-state index is 12.1. The van der Waals surface area contributed by atoms with Crippen molar-refractivity contribution in [2.75, 3.05) is 11.1 Å². The highest BCUT2D eigenvalue weighted by Gasteiger charge is 2.10. The Labute approximate surface area is 138 Å². The van der Waals surface area contributed by atoms with E-state index < -0.39 is 0 Å². The number of aryl methyl sites for hydroxylation is 2. The molecule has 0 aliphatic rings. The van der Waals surface area contributed by atoms with Crippen molar-refractivity contribution in [1.82, 2.24) is 19.5 Å². The lowest BCUT2D eigenvalue weighted by Gasteiger charge is -2.09. The van der Waals surface area contributed by atoms with Crippen molar-refractivity contribution in [1.29, 1.82) is 0 Å². The van der Waals surface area contributed by atoms with Crippen molar-refractivity contribution < 1.29 is 4.79 Å². The van der Waals surface area contributed by atoms with Crippen molar-refractivity contribution >= 4 is 23.4 Å². The van der Waals surface area contributed by atoms with E-state index in [1.54, 1.807) is 11.0 Å². The molecule has 23 heavy (non-hydrogen) atoms. The maximum atomic E-state index is 12.1. The van der Waals surface area contributed by atoms with Crippen molar-refractivity contribution in [2.24, 2.45) is 0 Å². The fourth-order valence-electron chi connectivity index (χ4n) is 2.21. The molecule has 0 saturated heterocycles. The van der Waals surface area contributed by atoms with Gasteiger partial charge in [0.25, 0.3) is 0 Å². The number of thioether (sulfide) groups is 1. The van der Waals surface area contributed by atoms with Crippen LogP contribution in [0, 0.1) is 13.8 Å². The number of nitrogens with one attached hydrogen (secondary N) is 1. The van der Waals surface area contributed by atoms with Crippen molar-refractivity contribution in [3.05, 3.63) is 60.2 Å². The van der Waals surface area contributed by atoms with Gasteiger partial charge in [-0.05, 0) is 37.6 Å². The van der Waals surface area contributed by atoms with Crippen molar-refractivity contribution in [2.45, 2.75) is 19.0 Å². The number of aromatic nitrogens is 4. The molecule has 0 bridgehead atoms. The molecule has 1 N–H and O–H groups in total. The standard InChI is InChI=1S/C16H17N5OS/c1-12-5-6-14(13(2)9-12)18-15(22)10-23-16-19-17-11-21(16)20-7-3-4-8-20/h3-9,11H,10H2,1-2H3,(H,18,22). The quantitative estimate of drug-likeness (QED) is 0.732. The molecule has 0 aliphatic carbocycles. The van der Waals surface area contributed by atoms with Gasteiger partial charge < -0.3 is 5.32 Å². The molecule has 118 valence electrons. The van der Waals surface area contributed by atoms with Gasteiger partial charge in [0.1, 0.15) is 6.33 Å². The van der Waals surface area contributed by atoms with Gasteiger partial charge in [-0.2, -0.15) is 0 Å². The molecule has 1 amide bonds. The van der Waals surface area contributed by atoms with E-state index in [4.69, 9.17) is 0 Å². The highest BCUT2D eigenvalue weighted by Crippen LogP contribution is 2.18. The first-order valence-corrected chi connectivity index (χ1v) is 8.15. The first-order valence-electron chi connectivity index (χ1n) is 7.17. The number of benzene rings is 1. The van der Waals surface area contributed by atoms with Gasteiger partial charge in [0.05, 0.1) is 5.75 Å². The van der Waals surface area contributed by atoms with Crippen LogP contribution in [-0.2, 0) is 4.79 Å². The number of carbonyl (C=O) groups is 1. The molecule has 0 atom stereocenters. The zero-order valence-corrected chi connectivity index (χ0v) is 13.7. The molecule has 3 aromatic rings. The fourth-order valence-corrected chi connectivity index (χ4v) is 2.92. The SMILES string of the molecule is Cc1ccc(NC(=O)CSc2nncn2-n2cccc2)c(C)c1. The Morgan fingerprint density at radius 2 is 2.04 bits per heavy atom. The first kappa shape index (κ1) is 15.4. The minimum Gasteiger partial charge on any atom is -0.325 e. The number of anilines is 1. The van der Waals surface area contributed by atoms with E-state index in [1.807, 2.05) is 61.2 Å². The number of rotatable bonds is 5. The topological polar surface area (TPSA) is 64.7 Å². The largest absolute Gasteiger partial charge is 0.325 e. The third kappa shape index (κ3) is 3.62. The van der Waals surface area contributed by atoms with Gasteiger partial charge in [-0.1, -0.05) is 29.5 Å². The summed E-state index contributed by atoms with van der Waals surface area (Å²) < 4.78 is 3.64. The Bertz CT molecular complexity index is 810. The van der Waals surface area contributed by atoms with E-state index in [2.05, 4.69) is 15.5 Å². The average molecular weight is 327 g/mol. The summed E-state index contributed by atoms with van der Waals surface area (Å²) in [6, 6.07) is 9.79. The van der Waals surface area contributed by atoms with Crippen LogP contribution in [0.4, 0.5) is 5.69 Å². The van der Waals surface area contributed by atoms with Gasteiger partial charge >= 0.3 is 0 Å². The summed E-state index contributed by atoms with van der Waals surface area (Å²) >= 11 is 1.34. The van der Waals surface area contributed by atoms with Crippen LogP contribution in [0.3, 0.4) is 0 Å². The van der Waals surface area contributed by atoms with E-state index in [1.165, 1.54) is 17.3 Å². The molecule has 0 unspecified atom stereocenters. The molecule has 0 radical (unpaired) electrons. The second-order valence-electron chi connectivity index (χ2n) is 5.18. The number of amides is 1. The Balaban J connectivity index is 1.63. The van der Waals surface area contributed by atoms with Crippen molar-refractivity contribution in [3.63, 3.8) is 0 Å². The van der Waals surface area contributed by atoms with E-state index in [9.17, 15) is 4.79 Å². The van der Waals surface area contributed by atoms with Gasteiger partial charge in [-0.15, -0.1) is 10.2 Å². The molecule has 3 rings (SSSR count). The number of hydrogen-bond acceptors (Lipinski definition) is 4. The fraction of sp³-hybridized carbons (Fsp3) is 0.188. The molecular formula is C16H17N5OS. The Morgan fingerprint density at radius 3 is 2.78 bits per heavy atom. The summed E-state index contributed by atoms with van der Waals surface area (Å²) in [6.45, 7) is 4.01. The van der Waals surface area contributed by atoms with Gasteiger partial charge in [-0.3, -0.25) is 9.47 Å². The van der Waals surface area contributed by atoms with Gasteiger partial charge in [0, 0.05) is 18.1 Å². The molecule has 0 aliphatic heterocycles. The Hall–Kier alpha value is -2.54. The van der Waals surface area contributed by atoms with Crippen LogP contribution in [0.1, 0.15) is 11.1 Å². The smallest absolute Gasteiger partial charge is 0.234 e. The minimum absolute atomic E-state index is 0.0657. The third-order valence-corrected chi connectivity index (χ3v) is 4.26. The summed E-state index contributed by atoms with van der Waals surface area (Å²) in [5, 5.41) is 11.6. The molecule has 0 fully saturated rings. The summed E-state index contributed by atoms with van der Waals surface area (Å²) in [6.07, 6.45) is 5.40. The molecule has 0 saturated carbocycles. The third-order valence-electron chi connectivity index (χ3n) is 3.33. The lowest BCUT2D eigenvalue weighted by molar-refractivity contribution is -0.113. The number of hydrogen-bond donors (Lipinski definition) is 1. The van der Waals surface area contributed by atoms with Crippen LogP contribution in [0.5, 0.6) is 0 Å². The van der Waals surface area contributed by atoms with E-state index in [0.717, 1.165) is 11.3 Å². The number of carbonyl (C=O) groups excluding carboxylic acids is 1. The second-order valence-corrected chi connectivity index (χ2v) is 6.12. The highest BCUT2D eigenvalue weighted by molar-refractivity contribution is 7.99. The average Bonchev–Trinajstić information content (AvgIpc) is 3.18. The summed E-state index contributed by atoms with van der Waals surface area (Å²) in [4.78, 5) is 12.1. The van der Waals surface area contributed by atoms with Gasteiger partial charge in [-0.25, -0.2) is 4.68 Å². The van der Waals surface area contributed by atoms with E-state index in [0.29, 0.717) is 5.16 Å². The summed E-state index contributed by atoms with van der Waals surface area (Å²) in [7, 11) is 0. The molecule has 2 aromatic heterocycles. The van der Waals surface area contributed by atoms with Crippen LogP contribution >= 0.6 is 11.8 Å². The first-order chi connectivity index (χ1) is 11.1. The normalized spacial score (nSPS) is 10.7. The maximum Gasteiger partial charge on any atom is 0.234 e. The predicted molar refractivity (Wildman–Crippen MR) is 90.5 cm³/mol. The van der Waals surface area contributed by atoms with Crippen LogP contribution < -0.4 is 5.32 Å². The number of nitrogens with zero attached hydrogens (tertiary/aromatic N) is 4. The lowest BCUT2D eigenvalue weighted by atomic mass is 10.1. The lowest BCUT2D eigenvalue weighted by Crippen LogP contribution is -2.16. The van der Waals surface area contributed by atoms with E-state index >= 15 is 0 Å². The second kappa shape index (κ2) is 6.70. The minimum atomic E-state index is -0.0657. The van der Waals surface area contributed by atoms with Crippen LogP contribution in [0.25, 0.3) is 0 Å². The monoisotopic (exact) mass is 327 g/mol. The zero-order valence-electron chi connectivity index (χ0n) is 12.9. The van der Waals surface area contributed by atoms with Crippen molar-refractivity contribution in [3.8, 4) is 0 Å². The Kier molecular flexibility index (Phi) is 4.47. The summed E-state index contributed by atoms with van der Waals surface area (Å²) in [5.41, 5.74) is 3.07. The highest BCUT2D eigenvalue weighted by atomic mass is 32.2. The molecule has 2 heterocycles. The molecule has 7 heteroatoms. The van der Waals surface area contributed by atoms with Crippen LogP contribution in [-0.4, -0.2) is 31.2 Å². The Morgan fingerprint density at radius 1 is 1.26 bits per heavy atom. The van der Waals surface area contributed by atoms with Crippen LogP contribution in [0.2, 0.25) is 0 Å². The van der Waals surface area contributed by atoms with Gasteiger partial charge in [0.2, 0.25) is 11.1 Å². The van der Waals surface area contributed by atoms with Crippen LogP contribution in [0.15, 0.2) is 54.2 Å². The zero-order chi connectivity index (χ0) is 16.2. The van der Waals surface area contributed by atoms with Gasteiger partial charge in [0.15, 0.2) is 0 Å². The molecule has 0 spiro atoms.